The lowest BCUT2D eigenvalue weighted by Gasteiger charge is -2.15. The average molecular weight is 250 g/mol. The zero-order valence-corrected chi connectivity index (χ0v) is 10.7. The smallest absolute Gasteiger partial charge is 0.321 e. The van der Waals surface area contributed by atoms with E-state index in [-0.39, 0.29) is 0 Å². The van der Waals surface area contributed by atoms with Crippen LogP contribution in [0.4, 0.5) is 0 Å². The highest BCUT2D eigenvalue weighted by Crippen LogP contribution is 2.35. The lowest BCUT2D eigenvalue weighted by molar-refractivity contribution is -0.136. The van der Waals surface area contributed by atoms with Gasteiger partial charge in [-0.2, -0.15) is 0 Å². The standard InChI is InChI=1S/C14H18O2S/c15-14(16)13(12-8-2-1-3-9-12)17-10-11-6-4-5-7-11/h1-3,8-9,11,13H,4-7,10H2,(H,15,16). The van der Waals surface area contributed by atoms with Crippen molar-refractivity contribution in [2.75, 3.05) is 5.75 Å². The predicted octanol–water partition coefficient (Wildman–Crippen LogP) is 3.74. The third-order valence-electron chi connectivity index (χ3n) is 3.30. The predicted molar refractivity (Wildman–Crippen MR) is 71.2 cm³/mol. The summed E-state index contributed by atoms with van der Waals surface area (Å²) in [7, 11) is 0. The molecule has 1 aliphatic rings. The first-order valence-corrected chi connectivity index (χ1v) is 7.21. The molecule has 92 valence electrons. The Labute approximate surface area is 106 Å². The Morgan fingerprint density at radius 2 is 1.94 bits per heavy atom. The summed E-state index contributed by atoms with van der Waals surface area (Å²) in [5.41, 5.74) is 0.906. The molecule has 1 N–H and O–H groups in total. The van der Waals surface area contributed by atoms with Crippen molar-refractivity contribution in [2.45, 2.75) is 30.9 Å². The van der Waals surface area contributed by atoms with E-state index >= 15 is 0 Å². The zero-order chi connectivity index (χ0) is 12.1. The van der Waals surface area contributed by atoms with Crippen LogP contribution in [0.2, 0.25) is 0 Å². The van der Waals surface area contributed by atoms with E-state index in [9.17, 15) is 9.90 Å². The van der Waals surface area contributed by atoms with Crippen LogP contribution in [0, 0.1) is 5.92 Å². The second-order valence-corrected chi connectivity index (χ2v) is 5.75. The molecule has 2 rings (SSSR count). The number of carbonyl (C=O) groups is 1. The van der Waals surface area contributed by atoms with Gasteiger partial charge in [-0.1, -0.05) is 43.2 Å². The lowest BCUT2D eigenvalue weighted by atomic mass is 10.1. The van der Waals surface area contributed by atoms with Gasteiger partial charge in [0.25, 0.3) is 0 Å². The average Bonchev–Trinajstić information content (AvgIpc) is 2.83. The van der Waals surface area contributed by atoms with Crippen molar-refractivity contribution >= 4 is 17.7 Å². The minimum Gasteiger partial charge on any atom is -0.480 e. The van der Waals surface area contributed by atoms with E-state index in [1.165, 1.54) is 25.7 Å². The van der Waals surface area contributed by atoms with Crippen LogP contribution in [-0.2, 0) is 4.79 Å². The topological polar surface area (TPSA) is 37.3 Å². The number of aliphatic carboxylic acids is 1. The third kappa shape index (κ3) is 3.50. The van der Waals surface area contributed by atoms with Gasteiger partial charge in [-0.3, -0.25) is 4.79 Å². The van der Waals surface area contributed by atoms with Gasteiger partial charge in [0.1, 0.15) is 5.25 Å². The molecule has 2 nitrogen and oxygen atoms in total. The molecule has 0 aliphatic heterocycles. The molecule has 1 atom stereocenters. The molecular weight excluding hydrogens is 232 g/mol. The Kier molecular flexibility index (Phi) is 4.49. The van der Waals surface area contributed by atoms with Crippen LogP contribution in [0.1, 0.15) is 36.5 Å². The molecule has 3 heteroatoms. The Hall–Kier alpha value is -0.960. The summed E-state index contributed by atoms with van der Waals surface area (Å²) in [6, 6.07) is 9.54. The van der Waals surface area contributed by atoms with E-state index < -0.39 is 11.2 Å². The number of carboxylic acids is 1. The van der Waals surface area contributed by atoms with Crippen molar-refractivity contribution in [1.29, 1.82) is 0 Å². The summed E-state index contributed by atoms with van der Waals surface area (Å²) in [5, 5.41) is 8.87. The molecule has 1 unspecified atom stereocenters. The number of carboxylic acid groups (broad SMARTS) is 1. The molecule has 0 spiro atoms. The maximum Gasteiger partial charge on any atom is 0.321 e. The van der Waals surface area contributed by atoms with Gasteiger partial charge in [-0.25, -0.2) is 0 Å². The Bertz CT molecular complexity index is 358. The molecule has 1 aromatic carbocycles. The first-order valence-electron chi connectivity index (χ1n) is 6.16. The SMILES string of the molecule is O=C(O)C(SCC1CCCC1)c1ccccc1. The normalized spacial score (nSPS) is 18.1. The van der Waals surface area contributed by atoms with Crippen LogP contribution in [0.5, 0.6) is 0 Å². The van der Waals surface area contributed by atoms with Crippen molar-refractivity contribution in [3.8, 4) is 0 Å². The fraction of sp³-hybridized carbons (Fsp3) is 0.500. The highest BCUT2D eigenvalue weighted by atomic mass is 32.2. The lowest BCUT2D eigenvalue weighted by Crippen LogP contribution is -2.10. The molecule has 1 saturated carbocycles. The number of hydrogen-bond acceptors (Lipinski definition) is 2. The van der Waals surface area contributed by atoms with Crippen LogP contribution in [-0.4, -0.2) is 16.8 Å². The first-order chi connectivity index (χ1) is 8.27. The molecule has 0 saturated heterocycles. The van der Waals surface area contributed by atoms with E-state index in [4.69, 9.17) is 0 Å². The summed E-state index contributed by atoms with van der Waals surface area (Å²) in [6.07, 6.45) is 5.17. The highest BCUT2D eigenvalue weighted by Gasteiger charge is 2.23. The largest absolute Gasteiger partial charge is 0.480 e. The zero-order valence-electron chi connectivity index (χ0n) is 9.84. The van der Waals surface area contributed by atoms with E-state index in [1.54, 1.807) is 11.8 Å². The molecule has 1 fully saturated rings. The fourth-order valence-electron chi connectivity index (χ4n) is 2.35. The second-order valence-electron chi connectivity index (χ2n) is 4.61. The van der Waals surface area contributed by atoms with Crippen molar-refractivity contribution in [1.82, 2.24) is 0 Å². The number of rotatable bonds is 5. The number of hydrogen-bond donors (Lipinski definition) is 1. The molecule has 1 aromatic rings. The van der Waals surface area contributed by atoms with Crippen molar-refractivity contribution in [2.24, 2.45) is 5.92 Å². The molecule has 0 aromatic heterocycles. The molecule has 0 heterocycles. The van der Waals surface area contributed by atoms with E-state index in [0.29, 0.717) is 0 Å². The van der Waals surface area contributed by atoms with Gasteiger partial charge in [0.15, 0.2) is 0 Å². The quantitative estimate of drug-likeness (QED) is 0.865. The minimum atomic E-state index is -0.723. The van der Waals surface area contributed by atoms with E-state index in [1.807, 2.05) is 30.3 Å². The van der Waals surface area contributed by atoms with Crippen molar-refractivity contribution < 1.29 is 9.90 Å². The first kappa shape index (κ1) is 12.5. The van der Waals surface area contributed by atoms with E-state index in [0.717, 1.165) is 17.2 Å². The Morgan fingerprint density at radius 3 is 2.53 bits per heavy atom. The van der Waals surface area contributed by atoms with Gasteiger partial charge in [0.2, 0.25) is 0 Å². The third-order valence-corrected chi connectivity index (χ3v) is 4.77. The Balaban J connectivity index is 1.95. The van der Waals surface area contributed by atoms with Crippen LogP contribution >= 0.6 is 11.8 Å². The second kappa shape index (κ2) is 6.10. The van der Waals surface area contributed by atoms with Crippen molar-refractivity contribution in [3.63, 3.8) is 0 Å². The number of thioether (sulfide) groups is 1. The van der Waals surface area contributed by atoms with Gasteiger partial charge in [-0.05, 0) is 30.1 Å². The summed E-state index contributed by atoms with van der Waals surface area (Å²) in [4.78, 5) is 11.3. The summed E-state index contributed by atoms with van der Waals surface area (Å²) >= 11 is 1.58. The molecule has 1 aliphatic carbocycles. The van der Waals surface area contributed by atoms with Gasteiger partial charge >= 0.3 is 5.97 Å². The van der Waals surface area contributed by atoms with Crippen LogP contribution < -0.4 is 0 Å². The molecule has 17 heavy (non-hydrogen) atoms. The van der Waals surface area contributed by atoms with Crippen LogP contribution in [0.15, 0.2) is 30.3 Å². The van der Waals surface area contributed by atoms with Gasteiger partial charge in [-0.15, -0.1) is 11.8 Å². The monoisotopic (exact) mass is 250 g/mol. The highest BCUT2D eigenvalue weighted by molar-refractivity contribution is 8.00. The fourth-order valence-corrected chi connectivity index (χ4v) is 3.64. The molecular formula is C14H18O2S. The van der Waals surface area contributed by atoms with Gasteiger partial charge < -0.3 is 5.11 Å². The number of benzene rings is 1. The maximum absolute atomic E-state index is 11.3. The van der Waals surface area contributed by atoms with Gasteiger partial charge in [0.05, 0.1) is 0 Å². The van der Waals surface area contributed by atoms with Crippen LogP contribution in [0.25, 0.3) is 0 Å². The molecule has 0 radical (unpaired) electrons. The van der Waals surface area contributed by atoms with Crippen LogP contribution in [0.3, 0.4) is 0 Å². The minimum absolute atomic E-state index is 0.406. The van der Waals surface area contributed by atoms with Gasteiger partial charge in [0, 0.05) is 0 Å². The molecule has 0 amide bonds. The Morgan fingerprint density at radius 1 is 1.29 bits per heavy atom. The van der Waals surface area contributed by atoms with Crippen molar-refractivity contribution in [3.05, 3.63) is 35.9 Å². The van der Waals surface area contributed by atoms with E-state index in [2.05, 4.69) is 0 Å². The molecule has 0 bridgehead atoms. The summed E-state index contributed by atoms with van der Waals surface area (Å²) in [6.45, 7) is 0. The summed E-state index contributed by atoms with van der Waals surface area (Å²) < 4.78 is 0. The maximum atomic E-state index is 11.3. The summed E-state index contributed by atoms with van der Waals surface area (Å²) in [5.74, 6) is 0.982.